The average Bonchev–Trinajstić information content (AvgIpc) is 3.34. The Labute approximate surface area is 219 Å². The Kier molecular flexibility index (Phi) is 16.8. The van der Waals surface area contributed by atoms with Gasteiger partial charge in [0.15, 0.2) is 0 Å². The predicted molar refractivity (Wildman–Crippen MR) is 118 cm³/mol. The molecule has 1 aromatic heterocycles. The van der Waals surface area contributed by atoms with E-state index in [1.54, 1.807) is 11.3 Å². The third-order valence-electron chi connectivity index (χ3n) is 4.08. The number of alkyl halides is 6. The number of ether oxygens (including phenoxy) is 8. The largest absolute Gasteiger partial charge is 0.495 e. The van der Waals surface area contributed by atoms with Gasteiger partial charge in [0.25, 0.3) is 0 Å². The molecule has 10 nitrogen and oxygen atoms in total. The zero-order valence-electron chi connectivity index (χ0n) is 20.5. The number of rotatable bonds is 24. The van der Waals surface area contributed by atoms with Crippen LogP contribution in [0.3, 0.4) is 0 Å². The first-order valence-corrected chi connectivity index (χ1v) is 12.0. The quantitative estimate of drug-likeness (QED) is 0.106. The summed E-state index contributed by atoms with van der Waals surface area (Å²) in [5, 5.41) is 20.0. The monoisotopic (exact) mass is 590 g/mol. The Morgan fingerprint density at radius 3 is 2.16 bits per heavy atom. The number of aliphatic hydroxyl groups is 2. The van der Waals surface area contributed by atoms with Crippen molar-refractivity contribution < 1.29 is 74.5 Å². The lowest BCUT2D eigenvalue weighted by Crippen LogP contribution is -2.43. The number of hydrogen-bond acceptors (Lipinski definition) is 11. The summed E-state index contributed by atoms with van der Waals surface area (Å²) in [6.45, 7) is -4.36. The molecule has 0 bridgehead atoms. The van der Waals surface area contributed by atoms with Crippen LogP contribution >= 0.6 is 11.3 Å². The van der Waals surface area contributed by atoms with Gasteiger partial charge < -0.3 is 38.6 Å². The molecule has 224 valence electrons. The van der Waals surface area contributed by atoms with Gasteiger partial charge in [0, 0.05) is 18.4 Å². The van der Waals surface area contributed by atoms with Crippen molar-refractivity contribution in [3.63, 3.8) is 0 Å². The molecule has 2 N–H and O–H groups in total. The van der Waals surface area contributed by atoms with Gasteiger partial charge in [-0.1, -0.05) is 6.07 Å². The molecule has 2 unspecified atom stereocenters. The number of hydrogen-bond donors (Lipinski definition) is 2. The lowest BCUT2D eigenvalue weighted by molar-refractivity contribution is -0.517. The molecular weight excluding hydrogens is 558 g/mol. The number of halogens is 6. The maximum Gasteiger partial charge on any atom is 0.495 e. The molecule has 1 rings (SSSR count). The molecule has 0 saturated heterocycles. The van der Waals surface area contributed by atoms with Crippen molar-refractivity contribution in [1.29, 1.82) is 0 Å². The third-order valence-corrected chi connectivity index (χ3v) is 5.02. The molecule has 38 heavy (non-hydrogen) atoms. The van der Waals surface area contributed by atoms with E-state index in [4.69, 9.17) is 28.8 Å². The summed E-state index contributed by atoms with van der Waals surface area (Å²) in [5.74, 6) is 0. The van der Waals surface area contributed by atoms with Crippen LogP contribution < -0.4 is 0 Å². The SMILES string of the molecule is COCOC(COCCc1cccs1)COCC(O)COCCOCC(F)(F)OC(F)(F)OC(F)(F)CO. The second-order valence-corrected chi connectivity index (χ2v) is 8.55. The number of methoxy groups -OCH3 is 1. The lowest BCUT2D eigenvalue weighted by Gasteiger charge is -2.25. The molecule has 0 fully saturated rings. The van der Waals surface area contributed by atoms with Crippen LogP contribution in [0.2, 0.25) is 0 Å². The zero-order chi connectivity index (χ0) is 28.5. The fourth-order valence-corrected chi connectivity index (χ4v) is 3.18. The highest BCUT2D eigenvalue weighted by molar-refractivity contribution is 7.09. The minimum Gasteiger partial charge on any atom is -0.388 e. The first-order valence-electron chi connectivity index (χ1n) is 11.1. The van der Waals surface area contributed by atoms with Crippen LogP contribution in [0, 0.1) is 0 Å². The van der Waals surface area contributed by atoms with E-state index in [0.29, 0.717) is 6.61 Å². The van der Waals surface area contributed by atoms with E-state index in [9.17, 15) is 31.4 Å². The Morgan fingerprint density at radius 2 is 1.50 bits per heavy atom. The van der Waals surface area contributed by atoms with Gasteiger partial charge in [0.1, 0.15) is 32.2 Å². The van der Waals surface area contributed by atoms with E-state index >= 15 is 0 Å². The maximum absolute atomic E-state index is 13.3. The summed E-state index contributed by atoms with van der Waals surface area (Å²) < 4.78 is 114. The molecule has 0 spiro atoms. The second kappa shape index (κ2) is 18.3. The number of aliphatic hydroxyl groups excluding tert-OH is 2. The normalized spacial score (nSPS) is 14.7. The van der Waals surface area contributed by atoms with Gasteiger partial charge >= 0.3 is 18.5 Å². The smallest absolute Gasteiger partial charge is 0.388 e. The van der Waals surface area contributed by atoms with Gasteiger partial charge in [-0.25, -0.2) is 9.47 Å². The van der Waals surface area contributed by atoms with E-state index in [1.165, 1.54) is 12.0 Å². The van der Waals surface area contributed by atoms with Gasteiger partial charge in [0.2, 0.25) is 0 Å². The van der Waals surface area contributed by atoms with Crippen LogP contribution in [0.1, 0.15) is 4.88 Å². The molecule has 0 saturated carbocycles. The van der Waals surface area contributed by atoms with E-state index in [2.05, 4.69) is 14.2 Å². The first-order chi connectivity index (χ1) is 17.9. The van der Waals surface area contributed by atoms with Crippen molar-refractivity contribution in [2.45, 2.75) is 37.1 Å². The molecule has 0 aliphatic heterocycles. The molecule has 0 aliphatic rings. The van der Waals surface area contributed by atoms with Gasteiger partial charge in [0.05, 0.1) is 46.2 Å². The molecule has 1 aromatic rings. The molecule has 17 heteroatoms. The van der Waals surface area contributed by atoms with Crippen LogP contribution in [0.4, 0.5) is 26.3 Å². The van der Waals surface area contributed by atoms with Gasteiger partial charge in [-0.05, 0) is 11.4 Å². The average molecular weight is 591 g/mol. The van der Waals surface area contributed by atoms with Crippen molar-refractivity contribution >= 4 is 11.3 Å². The van der Waals surface area contributed by atoms with E-state index in [0.717, 1.165) is 6.42 Å². The highest BCUT2D eigenvalue weighted by atomic mass is 32.1. The van der Waals surface area contributed by atoms with Crippen LogP contribution in [-0.4, -0.2) is 114 Å². The minimum absolute atomic E-state index is 0.0118. The van der Waals surface area contributed by atoms with E-state index < -0.39 is 50.5 Å². The first kappa shape index (κ1) is 34.9. The second-order valence-electron chi connectivity index (χ2n) is 7.52. The van der Waals surface area contributed by atoms with E-state index in [1.807, 2.05) is 17.5 Å². The van der Waals surface area contributed by atoms with Crippen molar-refractivity contribution in [2.75, 3.05) is 73.4 Å². The summed E-state index contributed by atoms with van der Waals surface area (Å²) >= 11 is 1.62. The molecule has 1 heterocycles. The fourth-order valence-electron chi connectivity index (χ4n) is 2.49. The minimum atomic E-state index is -5.40. The Bertz CT molecular complexity index is 717. The van der Waals surface area contributed by atoms with Gasteiger partial charge in [-0.2, -0.15) is 17.6 Å². The van der Waals surface area contributed by atoms with Gasteiger partial charge in [-0.15, -0.1) is 20.1 Å². The van der Waals surface area contributed by atoms with Crippen LogP contribution in [0.25, 0.3) is 0 Å². The van der Waals surface area contributed by atoms with E-state index in [-0.39, 0.29) is 39.8 Å². The van der Waals surface area contributed by atoms with Gasteiger partial charge in [-0.3, -0.25) is 0 Å². The summed E-state index contributed by atoms with van der Waals surface area (Å²) in [4.78, 5) is 1.18. The molecular formula is C21H32F6O10S. The maximum atomic E-state index is 13.3. The Hall–Kier alpha value is -1.12. The van der Waals surface area contributed by atoms with Crippen LogP contribution in [-0.2, 0) is 44.3 Å². The summed E-state index contributed by atoms with van der Waals surface area (Å²) in [6.07, 6.45) is -15.7. The zero-order valence-corrected chi connectivity index (χ0v) is 21.3. The third kappa shape index (κ3) is 17.5. The van der Waals surface area contributed by atoms with Crippen molar-refractivity contribution in [3.05, 3.63) is 22.4 Å². The Morgan fingerprint density at radius 1 is 0.868 bits per heavy atom. The summed E-state index contributed by atoms with van der Waals surface area (Å²) in [7, 11) is 1.46. The molecule has 0 aromatic carbocycles. The standard InChI is InChI=1S/C21H32F6O10S/c1-30-15-35-17(11-31-5-4-18-3-2-8-38-18)12-34-10-16(29)9-32-6-7-33-14-20(24,25)37-21(26,27)36-19(22,23)13-28/h2-3,8,16-17,28-29H,4-7,9-15H2,1H3. The summed E-state index contributed by atoms with van der Waals surface area (Å²) in [5.41, 5.74) is 0. The number of thiophene rings is 1. The predicted octanol–water partition coefficient (Wildman–Crippen LogP) is 2.47. The fraction of sp³-hybridized carbons (Fsp3) is 0.810. The lowest BCUT2D eigenvalue weighted by atomic mass is 10.3. The Balaban J connectivity index is 2.16. The highest BCUT2D eigenvalue weighted by Crippen LogP contribution is 2.33. The summed E-state index contributed by atoms with van der Waals surface area (Å²) in [6, 6.07) is 3.95. The van der Waals surface area contributed by atoms with Crippen molar-refractivity contribution in [3.8, 4) is 0 Å². The van der Waals surface area contributed by atoms with Crippen molar-refractivity contribution in [1.82, 2.24) is 0 Å². The molecule has 2 atom stereocenters. The van der Waals surface area contributed by atoms with Crippen LogP contribution in [0.5, 0.6) is 0 Å². The molecule has 0 radical (unpaired) electrons. The molecule has 0 amide bonds. The molecule has 0 aliphatic carbocycles. The topological polar surface area (TPSA) is 114 Å². The highest BCUT2D eigenvalue weighted by Gasteiger charge is 2.52. The van der Waals surface area contributed by atoms with Crippen molar-refractivity contribution in [2.24, 2.45) is 0 Å². The van der Waals surface area contributed by atoms with Crippen LogP contribution in [0.15, 0.2) is 17.5 Å².